The Kier molecular flexibility index (Phi) is 3.76. The van der Waals surface area contributed by atoms with Crippen LogP contribution in [0, 0.1) is 0 Å². The Morgan fingerprint density at radius 2 is 2.00 bits per heavy atom. The van der Waals surface area contributed by atoms with Crippen LogP contribution < -0.4 is 4.74 Å². The van der Waals surface area contributed by atoms with Crippen LogP contribution in [-0.4, -0.2) is 17.2 Å². The van der Waals surface area contributed by atoms with Gasteiger partial charge in [0.15, 0.2) is 0 Å². The number of rotatable bonds is 3. The molecule has 88 valence electrons. The van der Waals surface area contributed by atoms with Gasteiger partial charge in [-0.15, -0.1) is 0 Å². The molecule has 3 nitrogen and oxygen atoms in total. The van der Waals surface area contributed by atoms with E-state index in [1.807, 2.05) is 36.4 Å². The van der Waals surface area contributed by atoms with Gasteiger partial charge in [-0.3, -0.25) is 4.98 Å². The molecule has 1 unspecified atom stereocenters. The van der Waals surface area contributed by atoms with Gasteiger partial charge in [-0.05, 0) is 34.1 Å². The van der Waals surface area contributed by atoms with E-state index in [4.69, 9.17) is 4.74 Å². The van der Waals surface area contributed by atoms with Crippen molar-refractivity contribution in [3.8, 4) is 5.75 Å². The number of para-hydroxylation sites is 1. The van der Waals surface area contributed by atoms with Crippen LogP contribution in [0.4, 0.5) is 0 Å². The van der Waals surface area contributed by atoms with Crippen LogP contribution in [0.2, 0.25) is 0 Å². The molecule has 1 N–H and O–H groups in total. The first-order valence-electron chi connectivity index (χ1n) is 5.15. The third kappa shape index (κ3) is 2.48. The Hall–Kier alpha value is -1.39. The molecule has 1 heterocycles. The normalized spacial score (nSPS) is 12.2. The number of benzene rings is 1. The molecule has 2 aromatic rings. The monoisotopic (exact) mass is 293 g/mol. The largest absolute Gasteiger partial charge is 0.496 e. The van der Waals surface area contributed by atoms with Crippen molar-refractivity contribution in [2.45, 2.75) is 6.10 Å². The number of methoxy groups -OCH3 is 1. The first kappa shape index (κ1) is 12.1. The number of halogens is 1. The van der Waals surface area contributed by atoms with E-state index in [-0.39, 0.29) is 0 Å². The number of aliphatic hydroxyl groups is 1. The molecule has 17 heavy (non-hydrogen) atoms. The minimum atomic E-state index is -0.804. The van der Waals surface area contributed by atoms with Gasteiger partial charge in [0.2, 0.25) is 0 Å². The highest BCUT2D eigenvalue weighted by Gasteiger charge is 2.18. The smallest absolute Gasteiger partial charge is 0.126 e. The number of nitrogens with zero attached hydrogens (tertiary/aromatic N) is 1. The molecular weight excluding hydrogens is 282 g/mol. The average Bonchev–Trinajstić information content (AvgIpc) is 2.38. The molecule has 1 atom stereocenters. The van der Waals surface area contributed by atoms with Crippen molar-refractivity contribution in [1.29, 1.82) is 0 Å². The third-order valence-electron chi connectivity index (χ3n) is 2.48. The second-order valence-corrected chi connectivity index (χ2v) is 4.37. The van der Waals surface area contributed by atoms with Gasteiger partial charge in [-0.2, -0.15) is 0 Å². The average molecular weight is 294 g/mol. The molecule has 0 spiro atoms. The van der Waals surface area contributed by atoms with Gasteiger partial charge in [0.25, 0.3) is 0 Å². The van der Waals surface area contributed by atoms with Crippen LogP contribution in [0.15, 0.2) is 47.1 Å². The predicted octanol–water partition coefficient (Wildman–Crippen LogP) is 2.93. The number of hydrogen-bond acceptors (Lipinski definition) is 3. The van der Waals surface area contributed by atoms with Crippen LogP contribution in [0.1, 0.15) is 17.4 Å². The Labute approximate surface area is 108 Å². The van der Waals surface area contributed by atoms with Crippen LogP contribution in [-0.2, 0) is 0 Å². The summed E-state index contributed by atoms with van der Waals surface area (Å²) < 4.78 is 6.00. The number of ether oxygens (including phenoxy) is 1. The van der Waals surface area contributed by atoms with Crippen molar-refractivity contribution < 1.29 is 9.84 Å². The topological polar surface area (TPSA) is 42.4 Å². The van der Waals surface area contributed by atoms with E-state index in [0.29, 0.717) is 17.0 Å². The summed E-state index contributed by atoms with van der Waals surface area (Å²) in [5.74, 6) is 0.651. The van der Waals surface area contributed by atoms with Gasteiger partial charge >= 0.3 is 0 Å². The van der Waals surface area contributed by atoms with Crippen LogP contribution >= 0.6 is 15.9 Å². The number of hydrogen-bond donors (Lipinski definition) is 1. The molecule has 0 bridgehead atoms. The lowest BCUT2D eigenvalue weighted by molar-refractivity contribution is 0.209. The zero-order valence-electron chi connectivity index (χ0n) is 9.30. The summed E-state index contributed by atoms with van der Waals surface area (Å²) in [5, 5.41) is 10.3. The van der Waals surface area contributed by atoms with Crippen LogP contribution in [0.5, 0.6) is 5.75 Å². The van der Waals surface area contributed by atoms with Gasteiger partial charge in [-0.1, -0.05) is 18.2 Å². The molecule has 4 heteroatoms. The third-order valence-corrected chi connectivity index (χ3v) is 3.15. The first-order chi connectivity index (χ1) is 8.24. The molecule has 0 aliphatic rings. The van der Waals surface area contributed by atoms with E-state index >= 15 is 0 Å². The minimum absolute atomic E-state index is 0.581. The van der Waals surface area contributed by atoms with Crippen LogP contribution in [0.3, 0.4) is 0 Å². The highest BCUT2D eigenvalue weighted by atomic mass is 79.9. The fourth-order valence-corrected chi connectivity index (χ4v) is 2.11. The molecular formula is C13H12BrNO2. The summed E-state index contributed by atoms with van der Waals surface area (Å²) in [7, 11) is 1.58. The molecule has 1 aromatic heterocycles. The standard InChI is InChI=1S/C13H12BrNO2/c1-17-11-7-3-2-5-9(11)13(16)12-10(14)6-4-8-15-12/h2-8,13,16H,1H3. The fourth-order valence-electron chi connectivity index (χ4n) is 1.64. The molecule has 0 fully saturated rings. The quantitative estimate of drug-likeness (QED) is 0.946. The summed E-state index contributed by atoms with van der Waals surface area (Å²) >= 11 is 3.38. The Morgan fingerprint density at radius 3 is 2.71 bits per heavy atom. The highest BCUT2D eigenvalue weighted by molar-refractivity contribution is 9.10. The Balaban J connectivity index is 2.44. The maximum Gasteiger partial charge on any atom is 0.126 e. The second kappa shape index (κ2) is 5.29. The maximum absolute atomic E-state index is 10.3. The van der Waals surface area contributed by atoms with Crippen molar-refractivity contribution in [2.75, 3.05) is 7.11 Å². The molecule has 0 aliphatic heterocycles. The summed E-state index contributed by atoms with van der Waals surface area (Å²) in [4.78, 5) is 4.18. The van der Waals surface area contributed by atoms with E-state index < -0.39 is 6.10 Å². The van der Waals surface area contributed by atoms with E-state index in [1.165, 1.54) is 0 Å². The predicted molar refractivity (Wildman–Crippen MR) is 69.0 cm³/mol. The summed E-state index contributed by atoms with van der Waals surface area (Å²) in [6, 6.07) is 11.0. The van der Waals surface area contributed by atoms with Gasteiger partial charge < -0.3 is 9.84 Å². The Morgan fingerprint density at radius 1 is 1.24 bits per heavy atom. The van der Waals surface area contributed by atoms with Crippen molar-refractivity contribution in [3.63, 3.8) is 0 Å². The van der Waals surface area contributed by atoms with Crippen LogP contribution in [0.25, 0.3) is 0 Å². The van der Waals surface area contributed by atoms with E-state index in [0.717, 1.165) is 4.47 Å². The van der Waals surface area contributed by atoms with Crippen molar-refractivity contribution >= 4 is 15.9 Å². The molecule has 0 aliphatic carbocycles. The molecule has 0 radical (unpaired) electrons. The SMILES string of the molecule is COc1ccccc1C(O)c1ncccc1Br. The molecule has 0 saturated heterocycles. The van der Waals surface area contributed by atoms with Crippen molar-refractivity contribution in [2.24, 2.45) is 0 Å². The fraction of sp³-hybridized carbons (Fsp3) is 0.154. The summed E-state index contributed by atoms with van der Waals surface area (Å²) in [5.41, 5.74) is 1.28. The molecule has 2 rings (SSSR count). The van der Waals surface area contributed by atoms with Gasteiger partial charge in [-0.25, -0.2) is 0 Å². The minimum Gasteiger partial charge on any atom is -0.496 e. The van der Waals surface area contributed by atoms with Gasteiger partial charge in [0.1, 0.15) is 11.9 Å². The number of aliphatic hydroxyl groups excluding tert-OH is 1. The second-order valence-electron chi connectivity index (χ2n) is 3.51. The number of aromatic nitrogens is 1. The lowest BCUT2D eigenvalue weighted by Gasteiger charge is -2.15. The van der Waals surface area contributed by atoms with Crippen molar-refractivity contribution in [3.05, 3.63) is 58.3 Å². The van der Waals surface area contributed by atoms with Gasteiger partial charge in [0, 0.05) is 16.2 Å². The zero-order chi connectivity index (χ0) is 12.3. The number of pyridine rings is 1. The van der Waals surface area contributed by atoms with Crippen molar-refractivity contribution in [1.82, 2.24) is 4.98 Å². The van der Waals surface area contributed by atoms with Gasteiger partial charge in [0.05, 0.1) is 12.8 Å². The summed E-state index contributed by atoms with van der Waals surface area (Å²) in [6.45, 7) is 0. The van der Waals surface area contributed by atoms with E-state index in [1.54, 1.807) is 13.3 Å². The highest BCUT2D eigenvalue weighted by Crippen LogP contribution is 2.31. The lowest BCUT2D eigenvalue weighted by atomic mass is 10.1. The maximum atomic E-state index is 10.3. The molecule has 1 aromatic carbocycles. The van der Waals surface area contributed by atoms with E-state index in [2.05, 4.69) is 20.9 Å². The lowest BCUT2D eigenvalue weighted by Crippen LogP contribution is -2.05. The zero-order valence-corrected chi connectivity index (χ0v) is 10.9. The van der Waals surface area contributed by atoms with E-state index in [9.17, 15) is 5.11 Å². The molecule has 0 saturated carbocycles. The molecule has 0 amide bonds. The first-order valence-corrected chi connectivity index (χ1v) is 5.94. The summed E-state index contributed by atoms with van der Waals surface area (Å²) in [6.07, 6.45) is 0.848. The Bertz CT molecular complexity index is 516.